The van der Waals surface area contributed by atoms with Crippen molar-refractivity contribution >= 4 is 17.5 Å². The lowest BCUT2D eigenvalue weighted by molar-refractivity contribution is -0.115. The van der Waals surface area contributed by atoms with Gasteiger partial charge < -0.3 is 10.6 Å². The highest BCUT2D eigenvalue weighted by Gasteiger charge is 2.13. The van der Waals surface area contributed by atoms with E-state index in [1.165, 1.54) is 0 Å². The maximum atomic E-state index is 13.5. The smallest absolute Gasteiger partial charge is 0.254 e. The summed E-state index contributed by atoms with van der Waals surface area (Å²) in [5, 5.41) is 4.97. The van der Waals surface area contributed by atoms with Gasteiger partial charge in [0.15, 0.2) is 0 Å². The Labute approximate surface area is 132 Å². The van der Waals surface area contributed by atoms with E-state index in [4.69, 9.17) is 0 Å². The quantitative estimate of drug-likeness (QED) is 0.910. The average molecular weight is 318 g/mol. The van der Waals surface area contributed by atoms with Crippen LogP contribution in [-0.2, 0) is 4.79 Å². The molecule has 0 heterocycles. The van der Waals surface area contributed by atoms with Crippen LogP contribution >= 0.6 is 0 Å². The second-order valence-corrected chi connectivity index (χ2v) is 5.17. The van der Waals surface area contributed by atoms with E-state index in [0.717, 1.165) is 23.3 Å². The molecule has 0 unspecified atom stereocenters. The first-order chi connectivity index (χ1) is 10.9. The van der Waals surface area contributed by atoms with E-state index in [0.29, 0.717) is 11.8 Å². The van der Waals surface area contributed by atoms with E-state index in [2.05, 4.69) is 10.6 Å². The molecular weight excluding hydrogens is 302 g/mol. The van der Waals surface area contributed by atoms with Gasteiger partial charge in [-0.3, -0.25) is 9.59 Å². The van der Waals surface area contributed by atoms with Crippen molar-refractivity contribution < 1.29 is 18.4 Å². The number of hydrogen-bond donors (Lipinski definition) is 2. The second-order valence-electron chi connectivity index (χ2n) is 5.17. The molecule has 0 aliphatic rings. The van der Waals surface area contributed by atoms with Crippen LogP contribution in [0.25, 0.3) is 0 Å². The monoisotopic (exact) mass is 318 g/mol. The van der Waals surface area contributed by atoms with Crippen LogP contribution < -0.4 is 10.6 Å². The van der Waals surface area contributed by atoms with E-state index in [9.17, 15) is 18.4 Å². The first kappa shape index (κ1) is 16.6. The Hall–Kier alpha value is -2.76. The summed E-state index contributed by atoms with van der Waals surface area (Å²) >= 11 is 0. The minimum absolute atomic E-state index is 0.314. The Bertz CT molecular complexity index is 760. The third-order valence-corrected chi connectivity index (χ3v) is 3.25. The van der Waals surface area contributed by atoms with Gasteiger partial charge >= 0.3 is 0 Å². The number of carbonyl (C=O) groups excluding carboxylic acids is 2. The number of amides is 2. The Balaban J connectivity index is 1.96. The lowest BCUT2D eigenvalue weighted by Gasteiger charge is -2.10. The van der Waals surface area contributed by atoms with E-state index in [1.54, 1.807) is 0 Å². The zero-order chi connectivity index (χ0) is 17.0. The normalized spacial score (nSPS) is 10.3. The maximum Gasteiger partial charge on any atom is 0.254 e. The van der Waals surface area contributed by atoms with Crippen molar-refractivity contribution in [3.05, 3.63) is 64.7 Å². The number of rotatable bonds is 4. The van der Waals surface area contributed by atoms with Crippen molar-refractivity contribution in [1.82, 2.24) is 5.32 Å². The molecule has 0 aliphatic carbocycles. The van der Waals surface area contributed by atoms with Crippen LogP contribution in [-0.4, -0.2) is 18.4 Å². The van der Waals surface area contributed by atoms with Gasteiger partial charge in [0.2, 0.25) is 5.91 Å². The molecular formula is C17H16F2N2O2. The third kappa shape index (κ3) is 4.35. The average Bonchev–Trinajstić information content (AvgIpc) is 2.48. The van der Waals surface area contributed by atoms with E-state index in [1.807, 2.05) is 32.0 Å². The lowest BCUT2D eigenvalue weighted by atomic mass is 10.1. The Morgan fingerprint density at radius 3 is 2.48 bits per heavy atom. The van der Waals surface area contributed by atoms with Gasteiger partial charge in [-0.2, -0.15) is 0 Å². The summed E-state index contributed by atoms with van der Waals surface area (Å²) in [5.41, 5.74) is 2.21. The Morgan fingerprint density at radius 2 is 1.78 bits per heavy atom. The fourth-order valence-corrected chi connectivity index (χ4v) is 1.99. The van der Waals surface area contributed by atoms with Crippen molar-refractivity contribution in [3.63, 3.8) is 0 Å². The molecule has 0 aromatic heterocycles. The summed E-state index contributed by atoms with van der Waals surface area (Å²) in [5.74, 6) is -2.96. The van der Waals surface area contributed by atoms with Gasteiger partial charge in [0.1, 0.15) is 11.6 Å². The van der Waals surface area contributed by atoms with E-state index >= 15 is 0 Å². The fraction of sp³-hybridized carbons (Fsp3) is 0.176. The molecule has 0 atom stereocenters. The standard InChI is InChI=1S/C17H16F2N2O2/c1-10-3-4-11(2)15(7-10)21-16(22)9-20-17(23)13-6-5-12(18)8-14(13)19/h3-8H,9H2,1-2H3,(H,20,23)(H,21,22). The van der Waals surface area contributed by atoms with Crippen LogP contribution in [0, 0.1) is 25.5 Å². The highest BCUT2D eigenvalue weighted by atomic mass is 19.1. The molecule has 2 amide bonds. The fourth-order valence-electron chi connectivity index (χ4n) is 1.99. The molecule has 120 valence electrons. The molecule has 6 heteroatoms. The van der Waals surface area contributed by atoms with Crippen molar-refractivity contribution in [2.45, 2.75) is 13.8 Å². The van der Waals surface area contributed by atoms with Crippen LogP contribution in [0.5, 0.6) is 0 Å². The molecule has 2 N–H and O–H groups in total. The van der Waals surface area contributed by atoms with E-state index < -0.39 is 23.4 Å². The number of nitrogens with one attached hydrogen (secondary N) is 2. The van der Waals surface area contributed by atoms with Crippen molar-refractivity contribution in [2.75, 3.05) is 11.9 Å². The predicted molar refractivity (Wildman–Crippen MR) is 83.2 cm³/mol. The second kappa shape index (κ2) is 7.00. The zero-order valence-corrected chi connectivity index (χ0v) is 12.7. The Kier molecular flexibility index (Phi) is 5.05. The van der Waals surface area contributed by atoms with Crippen molar-refractivity contribution in [1.29, 1.82) is 0 Å². The molecule has 4 nitrogen and oxygen atoms in total. The summed E-state index contributed by atoms with van der Waals surface area (Å²) < 4.78 is 26.3. The van der Waals surface area contributed by atoms with Gasteiger partial charge in [-0.25, -0.2) is 8.78 Å². The molecule has 0 bridgehead atoms. The SMILES string of the molecule is Cc1ccc(C)c(NC(=O)CNC(=O)c2ccc(F)cc2F)c1. The molecule has 0 saturated carbocycles. The largest absolute Gasteiger partial charge is 0.343 e. The topological polar surface area (TPSA) is 58.2 Å². The first-order valence-electron chi connectivity index (χ1n) is 6.97. The lowest BCUT2D eigenvalue weighted by Crippen LogP contribution is -2.33. The first-order valence-corrected chi connectivity index (χ1v) is 6.97. The number of aryl methyl sites for hydroxylation is 2. The molecule has 23 heavy (non-hydrogen) atoms. The molecule has 0 spiro atoms. The van der Waals surface area contributed by atoms with Crippen LogP contribution in [0.1, 0.15) is 21.5 Å². The number of benzene rings is 2. The minimum atomic E-state index is -0.975. The van der Waals surface area contributed by atoms with Crippen LogP contribution in [0.3, 0.4) is 0 Å². The summed E-state index contributed by atoms with van der Waals surface area (Å²) in [4.78, 5) is 23.7. The van der Waals surface area contributed by atoms with Gasteiger partial charge in [0.25, 0.3) is 5.91 Å². The predicted octanol–water partition coefficient (Wildman–Crippen LogP) is 2.95. The summed E-state index contributed by atoms with van der Waals surface area (Å²) in [6.07, 6.45) is 0. The molecule has 0 fully saturated rings. The number of hydrogen-bond acceptors (Lipinski definition) is 2. The summed E-state index contributed by atoms with van der Waals surface area (Å²) in [6.45, 7) is 3.43. The van der Waals surface area contributed by atoms with Gasteiger partial charge in [-0.15, -0.1) is 0 Å². The van der Waals surface area contributed by atoms with Crippen LogP contribution in [0.2, 0.25) is 0 Å². The molecule has 0 aliphatic heterocycles. The molecule has 2 aromatic carbocycles. The van der Waals surface area contributed by atoms with E-state index in [-0.39, 0.29) is 12.1 Å². The van der Waals surface area contributed by atoms with Crippen LogP contribution in [0.4, 0.5) is 14.5 Å². The maximum absolute atomic E-state index is 13.5. The summed E-state index contributed by atoms with van der Waals surface area (Å²) in [7, 11) is 0. The number of anilines is 1. The number of halogens is 2. The van der Waals surface area contributed by atoms with Crippen molar-refractivity contribution in [3.8, 4) is 0 Å². The summed E-state index contributed by atoms with van der Waals surface area (Å²) in [6, 6.07) is 8.23. The van der Waals surface area contributed by atoms with Gasteiger partial charge in [-0.1, -0.05) is 12.1 Å². The third-order valence-electron chi connectivity index (χ3n) is 3.25. The molecule has 0 radical (unpaired) electrons. The van der Waals surface area contributed by atoms with Gasteiger partial charge in [-0.05, 0) is 43.2 Å². The minimum Gasteiger partial charge on any atom is -0.343 e. The van der Waals surface area contributed by atoms with Crippen molar-refractivity contribution in [2.24, 2.45) is 0 Å². The van der Waals surface area contributed by atoms with Gasteiger partial charge in [0.05, 0.1) is 12.1 Å². The Morgan fingerprint density at radius 1 is 1.04 bits per heavy atom. The number of carbonyl (C=O) groups is 2. The highest BCUT2D eigenvalue weighted by molar-refractivity contribution is 5.99. The van der Waals surface area contributed by atoms with Gasteiger partial charge in [0, 0.05) is 11.8 Å². The zero-order valence-electron chi connectivity index (χ0n) is 12.7. The molecule has 0 saturated heterocycles. The van der Waals surface area contributed by atoms with Crippen LogP contribution in [0.15, 0.2) is 36.4 Å². The molecule has 2 aromatic rings. The molecule has 2 rings (SSSR count). The highest BCUT2D eigenvalue weighted by Crippen LogP contribution is 2.16.